The van der Waals surface area contributed by atoms with Gasteiger partial charge < -0.3 is 10.6 Å². The van der Waals surface area contributed by atoms with Gasteiger partial charge in [0.2, 0.25) is 0 Å². The van der Waals surface area contributed by atoms with E-state index in [1.807, 2.05) is 7.05 Å². The summed E-state index contributed by atoms with van der Waals surface area (Å²) in [5.41, 5.74) is 0. The molecule has 1 aromatic rings. The van der Waals surface area contributed by atoms with Gasteiger partial charge in [0.05, 0.1) is 6.54 Å². The second-order valence-corrected chi connectivity index (χ2v) is 8.25. The van der Waals surface area contributed by atoms with Crippen molar-refractivity contribution >= 4 is 29.9 Å². The zero-order valence-corrected chi connectivity index (χ0v) is 19.5. The van der Waals surface area contributed by atoms with E-state index in [1.54, 1.807) is 0 Å². The van der Waals surface area contributed by atoms with Gasteiger partial charge in [0.1, 0.15) is 5.82 Å². The highest BCUT2D eigenvalue weighted by atomic mass is 127. The average Bonchev–Trinajstić information content (AvgIpc) is 3.29. The number of unbranched alkanes of at least 4 members (excludes halogenated alkanes) is 1. The lowest BCUT2D eigenvalue weighted by Gasteiger charge is -2.25. The molecule has 0 radical (unpaired) electrons. The maximum absolute atomic E-state index is 4.66. The number of aryl methyl sites for hydroxylation is 1. The molecule has 2 N–H and O–H groups in total. The van der Waals surface area contributed by atoms with Crippen LogP contribution in [-0.4, -0.2) is 40.4 Å². The van der Waals surface area contributed by atoms with Gasteiger partial charge in [0.15, 0.2) is 11.8 Å². The Hall–Kier alpha value is -0.860. The summed E-state index contributed by atoms with van der Waals surface area (Å²) >= 11 is 0. The predicted octanol–water partition coefficient (Wildman–Crippen LogP) is 3.86. The van der Waals surface area contributed by atoms with Crippen molar-refractivity contribution in [2.24, 2.45) is 10.9 Å². The summed E-state index contributed by atoms with van der Waals surface area (Å²) in [6.07, 6.45) is 11.9. The Bertz CT molecular complexity index is 591. The lowest BCUT2D eigenvalue weighted by atomic mass is 10.0. The maximum atomic E-state index is 4.66. The summed E-state index contributed by atoms with van der Waals surface area (Å²) in [4.78, 5) is 9.06. The topological polar surface area (TPSA) is 67.1 Å². The molecule has 1 saturated carbocycles. The Morgan fingerprint density at radius 1 is 1.22 bits per heavy atom. The van der Waals surface area contributed by atoms with Crippen LogP contribution < -0.4 is 10.6 Å². The van der Waals surface area contributed by atoms with Gasteiger partial charge in [0, 0.05) is 32.0 Å². The molecule has 7 heteroatoms. The number of hydrogen-bond donors (Lipinski definition) is 2. The van der Waals surface area contributed by atoms with Crippen LogP contribution in [0, 0.1) is 5.92 Å². The molecule has 27 heavy (non-hydrogen) atoms. The average molecular weight is 488 g/mol. The largest absolute Gasteiger partial charge is 0.356 e. The predicted molar refractivity (Wildman–Crippen MR) is 122 cm³/mol. The Labute approximate surface area is 181 Å². The van der Waals surface area contributed by atoms with Crippen molar-refractivity contribution in [2.75, 3.05) is 13.6 Å². The fourth-order valence-electron chi connectivity index (χ4n) is 4.14. The van der Waals surface area contributed by atoms with Crippen molar-refractivity contribution in [1.29, 1.82) is 0 Å². The van der Waals surface area contributed by atoms with Gasteiger partial charge >= 0.3 is 0 Å². The Morgan fingerprint density at radius 2 is 2.00 bits per heavy atom. The van der Waals surface area contributed by atoms with E-state index in [0.717, 1.165) is 49.5 Å². The van der Waals surface area contributed by atoms with Gasteiger partial charge in [-0.15, -0.1) is 24.0 Å². The number of aromatic nitrogens is 3. The number of rotatable bonds is 7. The number of nitrogens with zero attached hydrogens (tertiary/aromatic N) is 4. The van der Waals surface area contributed by atoms with Crippen molar-refractivity contribution < 1.29 is 0 Å². The molecule has 0 amide bonds. The van der Waals surface area contributed by atoms with Crippen molar-refractivity contribution in [3.05, 3.63) is 11.6 Å². The molecule has 0 bridgehead atoms. The van der Waals surface area contributed by atoms with Crippen LogP contribution in [0.5, 0.6) is 0 Å². The molecule has 6 nitrogen and oxygen atoms in total. The van der Waals surface area contributed by atoms with E-state index in [9.17, 15) is 0 Å². The van der Waals surface area contributed by atoms with Crippen molar-refractivity contribution in [3.8, 4) is 0 Å². The van der Waals surface area contributed by atoms with E-state index in [0.29, 0.717) is 12.0 Å². The number of halogens is 1. The zero-order chi connectivity index (χ0) is 18.4. The van der Waals surface area contributed by atoms with E-state index in [4.69, 9.17) is 0 Å². The van der Waals surface area contributed by atoms with Gasteiger partial charge in [-0.25, -0.2) is 9.67 Å². The maximum Gasteiger partial charge on any atom is 0.191 e. The fraction of sp³-hybridized carbons (Fsp3) is 0.850. The molecular weight excluding hydrogens is 451 g/mol. The highest BCUT2D eigenvalue weighted by Crippen LogP contribution is 2.28. The summed E-state index contributed by atoms with van der Waals surface area (Å²) in [6, 6.07) is 0.369. The first kappa shape index (κ1) is 22.4. The van der Waals surface area contributed by atoms with Crippen LogP contribution in [0.2, 0.25) is 0 Å². The molecule has 0 aromatic carbocycles. The summed E-state index contributed by atoms with van der Waals surface area (Å²) in [5, 5.41) is 11.7. The molecule has 1 atom stereocenters. The highest BCUT2D eigenvalue weighted by molar-refractivity contribution is 14.0. The Kier molecular flexibility index (Phi) is 9.32. The van der Waals surface area contributed by atoms with Crippen molar-refractivity contribution in [3.63, 3.8) is 0 Å². The third-order valence-corrected chi connectivity index (χ3v) is 5.76. The molecule has 3 rings (SSSR count). The SMILES string of the molecule is CN=C(NCCCCC1CCCC1)NC1CCc2nc(C(C)C)nn2C1.I. The highest BCUT2D eigenvalue weighted by Gasteiger charge is 2.23. The second kappa shape index (κ2) is 11.2. The number of fused-ring (bicyclic) bond motifs is 1. The Morgan fingerprint density at radius 3 is 2.70 bits per heavy atom. The summed E-state index contributed by atoms with van der Waals surface area (Å²) in [5.74, 6) is 4.40. The molecule has 2 aliphatic rings. The quantitative estimate of drug-likeness (QED) is 0.265. The number of guanidine groups is 1. The molecule has 0 spiro atoms. The number of nitrogens with one attached hydrogen (secondary N) is 2. The minimum absolute atomic E-state index is 0. The van der Waals surface area contributed by atoms with Gasteiger partial charge in [-0.2, -0.15) is 5.10 Å². The van der Waals surface area contributed by atoms with Crippen LogP contribution in [-0.2, 0) is 13.0 Å². The molecule has 1 unspecified atom stereocenters. The molecule has 2 heterocycles. The zero-order valence-electron chi connectivity index (χ0n) is 17.2. The van der Waals surface area contributed by atoms with Gasteiger partial charge in [-0.1, -0.05) is 52.4 Å². The Balaban J connectivity index is 0.00000261. The van der Waals surface area contributed by atoms with Crippen LogP contribution in [0.15, 0.2) is 4.99 Å². The molecule has 1 aromatic heterocycles. The lowest BCUT2D eigenvalue weighted by molar-refractivity contribution is 0.391. The fourth-order valence-corrected chi connectivity index (χ4v) is 4.14. The minimum Gasteiger partial charge on any atom is -0.356 e. The monoisotopic (exact) mass is 488 g/mol. The second-order valence-electron chi connectivity index (χ2n) is 8.25. The third-order valence-electron chi connectivity index (χ3n) is 5.76. The van der Waals surface area contributed by atoms with Crippen molar-refractivity contribution in [1.82, 2.24) is 25.4 Å². The molecule has 1 aliphatic heterocycles. The van der Waals surface area contributed by atoms with Crippen LogP contribution in [0.1, 0.15) is 82.8 Å². The summed E-state index contributed by atoms with van der Waals surface area (Å²) in [6.45, 7) is 6.17. The third kappa shape index (κ3) is 6.61. The van der Waals surface area contributed by atoms with E-state index >= 15 is 0 Å². The molecule has 154 valence electrons. The van der Waals surface area contributed by atoms with E-state index in [1.165, 1.54) is 44.9 Å². The van der Waals surface area contributed by atoms with Crippen LogP contribution in [0.4, 0.5) is 0 Å². The van der Waals surface area contributed by atoms with Gasteiger partial charge in [0.25, 0.3) is 0 Å². The van der Waals surface area contributed by atoms with Crippen LogP contribution in [0.25, 0.3) is 0 Å². The van der Waals surface area contributed by atoms with E-state index in [2.05, 4.69) is 44.2 Å². The molecule has 0 saturated heterocycles. The lowest BCUT2D eigenvalue weighted by Crippen LogP contribution is -2.47. The first-order valence-electron chi connectivity index (χ1n) is 10.6. The minimum atomic E-state index is 0. The number of hydrogen-bond acceptors (Lipinski definition) is 3. The first-order chi connectivity index (χ1) is 12.7. The standard InChI is InChI=1S/C20H36N6.HI/c1-15(2)19-24-18-12-11-17(14-26(18)25-19)23-20(21-3)22-13-7-6-10-16-8-4-5-9-16;/h15-17H,4-14H2,1-3H3,(H2,21,22,23);1H. The smallest absolute Gasteiger partial charge is 0.191 e. The first-order valence-corrected chi connectivity index (χ1v) is 10.6. The van der Waals surface area contributed by atoms with Crippen LogP contribution in [0.3, 0.4) is 0 Å². The molecule has 1 aliphatic carbocycles. The molecular formula is C20H37IN6. The van der Waals surface area contributed by atoms with Gasteiger partial charge in [-0.3, -0.25) is 4.99 Å². The number of aliphatic imine (C=N–C) groups is 1. The summed E-state index contributed by atoms with van der Waals surface area (Å²) in [7, 11) is 1.86. The van der Waals surface area contributed by atoms with Crippen LogP contribution >= 0.6 is 24.0 Å². The normalized spacial score (nSPS) is 20.4. The van der Waals surface area contributed by atoms with E-state index in [-0.39, 0.29) is 24.0 Å². The van der Waals surface area contributed by atoms with E-state index < -0.39 is 0 Å². The molecule has 1 fully saturated rings. The summed E-state index contributed by atoms with van der Waals surface area (Å²) < 4.78 is 2.07. The van der Waals surface area contributed by atoms with Crippen molar-refractivity contribution in [2.45, 2.75) is 90.1 Å². The van der Waals surface area contributed by atoms with Gasteiger partial charge in [-0.05, 0) is 18.8 Å².